The minimum atomic E-state index is -4.83. The lowest BCUT2D eigenvalue weighted by Gasteiger charge is -2.20. The summed E-state index contributed by atoms with van der Waals surface area (Å²) in [7, 11) is -1.78. The molecule has 0 saturated heterocycles. The molecule has 2 aromatic carbocycles. The van der Waals surface area contributed by atoms with Crippen molar-refractivity contribution in [1.29, 1.82) is 0 Å². The Balaban J connectivity index is 2.10. The number of rotatable bonds is 6. The normalized spacial score (nSPS) is 12.8. The Kier molecular flexibility index (Phi) is 6.56. The molecule has 9 heteroatoms. The summed E-state index contributed by atoms with van der Waals surface area (Å²) in [6, 6.07) is 19.5. The molecule has 4 rings (SSSR count). The second kappa shape index (κ2) is 9.42. The van der Waals surface area contributed by atoms with E-state index in [-0.39, 0.29) is 28.2 Å². The summed E-state index contributed by atoms with van der Waals surface area (Å²) >= 11 is 0. The van der Waals surface area contributed by atoms with E-state index >= 15 is 0 Å². The second-order valence-electron chi connectivity index (χ2n) is 8.17. The summed E-state index contributed by atoms with van der Waals surface area (Å²) in [6.45, 7) is 3.65. The number of alkyl halides is 3. The van der Waals surface area contributed by atoms with Crippen molar-refractivity contribution < 1.29 is 17.4 Å². The Hall–Kier alpha value is -3.46. The number of aromatic nitrogens is 2. The third-order valence-corrected chi connectivity index (χ3v) is 6.67. The molecular weight excluding hydrogens is 463 g/mol. The third kappa shape index (κ3) is 4.89. The average molecular weight is 486 g/mol. The molecule has 0 amide bonds. The second-order valence-corrected chi connectivity index (χ2v) is 9.61. The number of halogens is 3. The number of nitrogens with one attached hydrogen (secondary N) is 1. The fourth-order valence-corrected chi connectivity index (χ4v) is 4.83. The van der Waals surface area contributed by atoms with Crippen LogP contribution in [-0.2, 0) is 17.0 Å². The zero-order valence-electron chi connectivity index (χ0n) is 18.5. The maximum Gasteiger partial charge on any atom is 0.417 e. The molecule has 1 atom stereocenters. The van der Waals surface area contributed by atoms with Crippen molar-refractivity contribution >= 4 is 33.3 Å². The largest absolute Gasteiger partial charge is 0.417 e. The van der Waals surface area contributed by atoms with Gasteiger partial charge in [0, 0.05) is 23.2 Å². The van der Waals surface area contributed by atoms with Crippen LogP contribution in [0.25, 0.3) is 16.7 Å². The quantitative estimate of drug-likeness (QED) is 0.369. The van der Waals surface area contributed by atoms with Crippen LogP contribution in [0.3, 0.4) is 0 Å². The molecule has 0 aliphatic carbocycles. The number of hydrogen-bond acceptors (Lipinski definition) is 4. The van der Waals surface area contributed by atoms with E-state index in [1.165, 1.54) is 4.57 Å². The highest BCUT2D eigenvalue weighted by Crippen LogP contribution is 2.36. The summed E-state index contributed by atoms with van der Waals surface area (Å²) in [5.41, 5.74) is -1.05. The molecule has 0 aliphatic heterocycles. The molecule has 0 fully saturated rings. The lowest BCUT2D eigenvalue weighted by Crippen LogP contribution is -2.20. The van der Waals surface area contributed by atoms with Gasteiger partial charge in [-0.05, 0) is 36.2 Å². The molecule has 0 saturated carbocycles. The molecule has 0 spiro atoms. The van der Waals surface area contributed by atoms with Crippen LogP contribution in [0, 0.1) is 5.92 Å². The van der Waals surface area contributed by atoms with Gasteiger partial charge in [-0.3, -0.25) is 13.6 Å². The first-order valence-electron chi connectivity index (χ1n) is 10.6. The summed E-state index contributed by atoms with van der Waals surface area (Å²) in [5, 5.41) is 2.33. The zero-order valence-corrected chi connectivity index (χ0v) is 19.3. The molecule has 1 unspecified atom stereocenters. The van der Waals surface area contributed by atoms with E-state index in [1.54, 1.807) is 54.6 Å². The number of nitrogens with zero attached hydrogens (tertiary/aromatic N) is 2. The van der Waals surface area contributed by atoms with Gasteiger partial charge in [-0.15, -0.1) is 0 Å². The Morgan fingerprint density at radius 2 is 1.62 bits per heavy atom. The van der Waals surface area contributed by atoms with Gasteiger partial charge in [0.15, 0.2) is 11.1 Å². The van der Waals surface area contributed by atoms with E-state index in [0.717, 1.165) is 12.1 Å². The van der Waals surface area contributed by atoms with E-state index in [0.29, 0.717) is 11.4 Å². The lowest BCUT2D eigenvalue weighted by atomic mass is 10.1. The maximum atomic E-state index is 14.1. The fourth-order valence-electron chi connectivity index (χ4n) is 3.62. The predicted molar refractivity (Wildman–Crippen MR) is 128 cm³/mol. The van der Waals surface area contributed by atoms with Crippen molar-refractivity contribution in [1.82, 2.24) is 9.55 Å². The first-order valence-corrected chi connectivity index (χ1v) is 11.9. The smallest absolute Gasteiger partial charge is 0.341 e. The molecule has 2 heterocycles. The van der Waals surface area contributed by atoms with E-state index in [9.17, 15) is 22.2 Å². The Morgan fingerprint density at radius 1 is 1.00 bits per heavy atom. The predicted octanol–water partition coefficient (Wildman–Crippen LogP) is 5.91. The highest BCUT2D eigenvalue weighted by Gasteiger charge is 2.36. The van der Waals surface area contributed by atoms with Crippen LogP contribution in [0.15, 0.2) is 82.6 Å². The summed E-state index contributed by atoms with van der Waals surface area (Å²) in [4.78, 5) is 17.4. The molecule has 1 N–H and O–H groups in total. The molecule has 5 nitrogen and oxygen atoms in total. The average Bonchev–Trinajstić information content (AvgIpc) is 2.78. The molecule has 0 radical (unpaired) electrons. The van der Waals surface area contributed by atoms with Crippen LogP contribution in [0.4, 0.5) is 24.7 Å². The monoisotopic (exact) mass is 485 g/mol. The number of anilines is 2. The number of benzene rings is 2. The molecule has 2 aromatic heterocycles. The SMILES string of the molecule is CC(C)CS(=O)c1cc(C(F)(F)F)c2c(=O)cc(Nc3ccccc3)n(-c3ccccc3)c2n1. The van der Waals surface area contributed by atoms with Crippen LogP contribution >= 0.6 is 0 Å². The van der Waals surface area contributed by atoms with Crippen molar-refractivity contribution in [2.24, 2.45) is 5.92 Å². The van der Waals surface area contributed by atoms with Crippen LogP contribution < -0.4 is 10.7 Å². The minimum absolute atomic E-state index is 0.0185. The Morgan fingerprint density at radius 3 is 2.21 bits per heavy atom. The van der Waals surface area contributed by atoms with E-state index in [1.807, 2.05) is 19.9 Å². The van der Waals surface area contributed by atoms with Crippen LogP contribution in [-0.4, -0.2) is 19.5 Å². The number of para-hydroxylation sites is 2. The maximum absolute atomic E-state index is 14.1. The van der Waals surface area contributed by atoms with Crippen LogP contribution in [0.1, 0.15) is 19.4 Å². The summed E-state index contributed by atoms with van der Waals surface area (Å²) < 4.78 is 56.6. The van der Waals surface area contributed by atoms with Crippen molar-refractivity contribution in [2.45, 2.75) is 25.0 Å². The molecule has 0 aliphatic rings. The molecular formula is C25H22F3N3O2S. The van der Waals surface area contributed by atoms with Gasteiger partial charge in [0.25, 0.3) is 0 Å². The number of fused-ring (bicyclic) bond motifs is 1. The number of hydrogen-bond donors (Lipinski definition) is 1. The van der Waals surface area contributed by atoms with Crippen molar-refractivity contribution in [3.05, 3.63) is 88.6 Å². The Bertz CT molecular complexity index is 1400. The first kappa shape index (κ1) is 23.7. The molecule has 0 bridgehead atoms. The standard InChI is InChI=1S/C25H22F3N3O2S/c1-16(2)15-34(33)22-13-19(25(26,27)28)23-20(32)14-21(29-17-9-5-3-6-10-17)31(24(23)30-22)18-11-7-4-8-12-18/h3-14,16,29H,15H2,1-2H3. The minimum Gasteiger partial charge on any atom is -0.341 e. The number of pyridine rings is 2. The van der Waals surface area contributed by atoms with E-state index in [4.69, 9.17) is 0 Å². The van der Waals surface area contributed by atoms with Crippen LogP contribution in [0.5, 0.6) is 0 Å². The van der Waals surface area contributed by atoms with Crippen molar-refractivity contribution in [2.75, 3.05) is 11.1 Å². The van der Waals surface area contributed by atoms with Crippen molar-refractivity contribution in [3.8, 4) is 5.69 Å². The van der Waals surface area contributed by atoms with Gasteiger partial charge < -0.3 is 5.32 Å². The molecule has 176 valence electrons. The summed E-state index contributed by atoms with van der Waals surface area (Å²) in [6.07, 6.45) is -4.83. The summed E-state index contributed by atoms with van der Waals surface area (Å²) in [5.74, 6) is 0.366. The third-order valence-electron chi connectivity index (χ3n) is 5.03. The van der Waals surface area contributed by atoms with E-state index in [2.05, 4.69) is 10.3 Å². The van der Waals surface area contributed by atoms with E-state index < -0.39 is 33.4 Å². The zero-order chi connectivity index (χ0) is 24.5. The van der Waals surface area contributed by atoms with Gasteiger partial charge in [-0.2, -0.15) is 13.2 Å². The van der Waals surface area contributed by atoms with Gasteiger partial charge in [-0.25, -0.2) is 4.98 Å². The topological polar surface area (TPSA) is 64.0 Å². The molecule has 34 heavy (non-hydrogen) atoms. The van der Waals surface area contributed by atoms with Gasteiger partial charge in [0.05, 0.1) is 21.7 Å². The molecule has 4 aromatic rings. The van der Waals surface area contributed by atoms with Crippen molar-refractivity contribution in [3.63, 3.8) is 0 Å². The lowest BCUT2D eigenvalue weighted by molar-refractivity contribution is -0.136. The van der Waals surface area contributed by atoms with Crippen LogP contribution in [0.2, 0.25) is 0 Å². The van der Waals surface area contributed by atoms with Gasteiger partial charge >= 0.3 is 6.18 Å². The highest BCUT2D eigenvalue weighted by atomic mass is 32.2. The van der Waals surface area contributed by atoms with Gasteiger partial charge in [-0.1, -0.05) is 50.2 Å². The first-order chi connectivity index (χ1) is 16.1. The fraction of sp³-hybridized carbons (Fsp3) is 0.200. The van der Waals surface area contributed by atoms with Gasteiger partial charge in [0.1, 0.15) is 10.8 Å². The highest BCUT2D eigenvalue weighted by molar-refractivity contribution is 7.85. The van der Waals surface area contributed by atoms with Gasteiger partial charge in [0.2, 0.25) is 0 Å². The Labute approximate surface area is 196 Å².